The maximum absolute atomic E-state index is 13.0. The summed E-state index contributed by atoms with van der Waals surface area (Å²) < 4.78 is 13.0. The van der Waals surface area contributed by atoms with E-state index < -0.39 is 11.7 Å². The number of hydrogen-bond acceptors (Lipinski definition) is 3. The zero-order valence-electron chi connectivity index (χ0n) is 8.90. The van der Waals surface area contributed by atoms with Crippen LogP contribution in [0.3, 0.4) is 0 Å². The number of hydrogen-bond donors (Lipinski definition) is 1. The fourth-order valence-electron chi connectivity index (χ4n) is 1.41. The molecule has 5 heteroatoms. The lowest BCUT2D eigenvalue weighted by Gasteiger charge is -2.15. The van der Waals surface area contributed by atoms with Crippen molar-refractivity contribution in [2.75, 3.05) is 13.6 Å². The highest BCUT2D eigenvalue weighted by Crippen LogP contribution is 2.12. The number of benzene rings is 1. The average Bonchev–Trinajstić information content (AvgIpc) is 2.16. The molecule has 84 valence electrons. The largest absolute Gasteiger partial charge is 0.369 e. The summed E-state index contributed by atoms with van der Waals surface area (Å²) in [6, 6.07) is 5.91. The van der Waals surface area contributed by atoms with E-state index in [1.807, 2.05) is 6.07 Å². The summed E-state index contributed by atoms with van der Waals surface area (Å²) in [5.74, 6) is -0.862. The molecule has 4 nitrogen and oxygen atoms in total. The number of amides is 1. The molecule has 0 atom stereocenters. The van der Waals surface area contributed by atoms with Gasteiger partial charge in [0.25, 0.3) is 0 Å². The van der Waals surface area contributed by atoms with E-state index in [-0.39, 0.29) is 6.54 Å². The first-order valence-electron chi connectivity index (χ1n) is 4.68. The van der Waals surface area contributed by atoms with Gasteiger partial charge >= 0.3 is 0 Å². The lowest BCUT2D eigenvalue weighted by Crippen LogP contribution is -2.30. The minimum atomic E-state index is -0.461. The second-order valence-electron chi connectivity index (χ2n) is 3.55. The molecule has 0 saturated carbocycles. The number of nitrogens with zero attached hydrogens (tertiary/aromatic N) is 2. The van der Waals surface area contributed by atoms with Crippen molar-refractivity contribution in [3.05, 3.63) is 35.1 Å². The number of likely N-dealkylation sites (N-methyl/N-ethyl adjacent to an activating group) is 1. The van der Waals surface area contributed by atoms with E-state index in [0.717, 1.165) is 0 Å². The summed E-state index contributed by atoms with van der Waals surface area (Å²) >= 11 is 0. The number of primary amides is 1. The van der Waals surface area contributed by atoms with Crippen LogP contribution in [0.2, 0.25) is 0 Å². The molecule has 0 spiro atoms. The molecule has 0 aliphatic rings. The predicted molar refractivity (Wildman–Crippen MR) is 56.6 cm³/mol. The molecule has 0 saturated heterocycles. The first kappa shape index (κ1) is 12.1. The van der Waals surface area contributed by atoms with Crippen molar-refractivity contribution in [3.63, 3.8) is 0 Å². The van der Waals surface area contributed by atoms with Gasteiger partial charge in [-0.2, -0.15) is 5.26 Å². The van der Waals surface area contributed by atoms with Gasteiger partial charge in [0.1, 0.15) is 5.82 Å². The molecular weight excluding hydrogens is 209 g/mol. The van der Waals surface area contributed by atoms with Gasteiger partial charge in [-0.1, -0.05) is 0 Å². The summed E-state index contributed by atoms with van der Waals surface area (Å²) in [6.07, 6.45) is 0. The molecule has 0 heterocycles. The van der Waals surface area contributed by atoms with E-state index in [9.17, 15) is 9.18 Å². The van der Waals surface area contributed by atoms with Crippen molar-refractivity contribution in [2.45, 2.75) is 6.54 Å². The van der Waals surface area contributed by atoms with E-state index in [2.05, 4.69) is 0 Å². The van der Waals surface area contributed by atoms with Crippen LogP contribution >= 0.6 is 0 Å². The fraction of sp³-hybridized carbons (Fsp3) is 0.273. The van der Waals surface area contributed by atoms with E-state index in [1.165, 1.54) is 18.2 Å². The van der Waals surface area contributed by atoms with Crippen LogP contribution in [-0.2, 0) is 11.3 Å². The molecule has 0 aliphatic heterocycles. The van der Waals surface area contributed by atoms with Crippen molar-refractivity contribution < 1.29 is 9.18 Å². The standard InChI is InChI=1S/C11H12FN3O/c1-15(7-11(14)16)6-9-4-10(12)3-2-8(9)5-13/h2-4H,6-7H2,1H3,(H2,14,16). The van der Waals surface area contributed by atoms with Crippen LogP contribution in [0.1, 0.15) is 11.1 Å². The number of rotatable bonds is 4. The molecular formula is C11H12FN3O. The van der Waals surface area contributed by atoms with Crippen molar-refractivity contribution in [2.24, 2.45) is 5.73 Å². The zero-order valence-corrected chi connectivity index (χ0v) is 8.90. The van der Waals surface area contributed by atoms with Crippen molar-refractivity contribution >= 4 is 5.91 Å². The molecule has 0 aliphatic carbocycles. The summed E-state index contributed by atoms with van der Waals surface area (Å²) in [4.78, 5) is 12.3. The molecule has 0 unspecified atom stereocenters. The van der Waals surface area contributed by atoms with Crippen molar-refractivity contribution in [3.8, 4) is 6.07 Å². The van der Waals surface area contributed by atoms with Gasteiger partial charge in [0.15, 0.2) is 0 Å². The normalized spacial score (nSPS) is 10.1. The zero-order chi connectivity index (χ0) is 12.1. The van der Waals surface area contributed by atoms with Gasteiger partial charge in [-0.3, -0.25) is 9.69 Å². The maximum Gasteiger partial charge on any atom is 0.231 e. The molecule has 0 fully saturated rings. The molecule has 1 aromatic rings. The third-order valence-corrected chi connectivity index (χ3v) is 2.05. The van der Waals surface area contributed by atoms with Gasteiger partial charge in [-0.05, 0) is 30.8 Å². The second-order valence-corrected chi connectivity index (χ2v) is 3.55. The Labute approximate surface area is 93.1 Å². The highest BCUT2D eigenvalue weighted by atomic mass is 19.1. The molecule has 0 bridgehead atoms. The van der Waals surface area contributed by atoms with Gasteiger partial charge in [-0.25, -0.2) is 4.39 Å². The summed E-state index contributed by atoms with van der Waals surface area (Å²) in [7, 11) is 1.68. The highest BCUT2D eigenvalue weighted by Gasteiger charge is 2.08. The van der Waals surface area contributed by atoms with Crippen LogP contribution in [0.5, 0.6) is 0 Å². The number of carbonyl (C=O) groups is 1. The SMILES string of the molecule is CN(CC(N)=O)Cc1cc(F)ccc1C#N. The van der Waals surface area contributed by atoms with Crippen molar-refractivity contribution in [1.82, 2.24) is 4.90 Å². The van der Waals surface area contributed by atoms with Gasteiger partial charge in [0.2, 0.25) is 5.91 Å². The third kappa shape index (κ3) is 3.33. The van der Waals surface area contributed by atoms with Crippen LogP contribution in [0.15, 0.2) is 18.2 Å². The Morgan fingerprint density at radius 1 is 1.62 bits per heavy atom. The van der Waals surface area contributed by atoms with E-state index in [0.29, 0.717) is 17.7 Å². The molecule has 1 rings (SSSR count). The Balaban J connectivity index is 2.84. The van der Waals surface area contributed by atoms with E-state index >= 15 is 0 Å². The van der Waals surface area contributed by atoms with Crippen LogP contribution < -0.4 is 5.73 Å². The Bertz CT molecular complexity index is 439. The molecule has 0 radical (unpaired) electrons. The number of nitrogens with two attached hydrogens (primary N) is 1. The maximum atomic E-state index is 13.0. The van der Waals surface area contributed by atoms with Gasteiger partial charge < -0.3 is 5.73 Å². The first-order valence-corrected chi connectivity index (χ1v) is 4.68. The third-order valence-electron chi connectivity index (χ3n) is 2.05. The summed E-state index contributed by atoms with van der Waals surface area (Å²) in [5.41, 5.74) is 5.98. The van der Waals surface area contributed by atoms with Crippen molar-refractivity contribution in [1.29, 1.82) is 5.26 Å². The first-order chi connectivity index (χ1) is 7.52. The predicted octanol–water partition coefficient (Wildman–Crippen LogP) is 0.614. The number of nitriles is 1. The van der Waals surface area contributed by atoms with Gasteiger partial charge in [0, 0.05) is 6.54 Å². The van der Waals surface area contributed by atoms with Gasteiger partial charge in [0.05, 0.1) is 18.2 Å². The van der Waals surface area contributed by atoms with Crippen LogP contribution in [-0.4, -0.2) is 24.4 Å². The fourth-order valence-corrected chi connectivity index (χ4v) is 1.41. The summed E-state index contributed by atoms with van der Waals surface area (Å²) in [5, 5.41) is 8.82. The second kappa shape index (κ2) is 5.24. The van der Waals surface area contributed by atoms with E-state index in [4.69, 9.17) is 11.0 Å². The lowest BCUT2D eigenvalue weighted by atomic mass is 10.1. The summed E-state index contributed by atoms with van der Waals surface area (Å²) in [6.45, 7) is 0.380. The molecule has 1 amide bonds. The molecule has 16 heavy (non-hydrogen) atoms. The monoisotopic (exact) mass is 221 g/mol. The number of halogens is 1. The Morgan fingerprint density at radius 3 is 2.88 bits per heavy atom. The van der Waals surface area contributed by atoms with E-state index in [1.54, 1.807) is 11.9 Å². The van der Waals surface area contributed by atoms with Gasteiger partial charge in [-0.15, -0.1) is 0 Å². The Morgan fingerprint density at radius 2 is 2.31 bits per heavy atom. The lowest BCUT2D eigenvalue weighted by molar-refractivity contribution is -0.118. The minimum absolute atomic E-state index is 0.0708. The molecule has 0 aromatic heterocycles. The average molecular weight is 221 g/mol. The molecule has 1 aromatic carbocycles. The Hall–Kier alpha value is -1.93. The van der Waals surface area contributed by atoms with Crippen LogP contribution in [0.25, 0.3) is 0 Å². The topological polar surface area (TPSA) is 70.1 Å². The Kier molecular flexibility index (Phi) is 3.97. The van der Waals surface area contributed by atoms with Crippen LogP contribution in [0.4, 0.5) is 4.39 Å². The minimum Gasteiger partial charge on any atom is -0.369 e. The highest BCUT2D eigenvalue weighted by molar-refractivity contribution is 5.75. The molecule has 2 N–H and O–H groups in total. The quantitative estimate of drug-likeness (QED) is 0.810. The van der Waals surface area contributed by atoms with Crippen LogP contribution in [0, 0.1) is 17.1 Å². The number of carbonyl (C=O) groups excluding carboxylic acids is 1. The smallest absolute Gasteiger partial charge is 0.231 e.